The number of hydrogen-bond donors (Lipinski definition) is 0. The van der Waals surface area contributed by atoms with Crippen molar-refractivity contribution in [1.29, 1.82) is 0 Å². The summed E-state index contributed by atoms with van der Waals surface area (Å²) >= 11 is 0. The van der Waals surface area contributed by atoms with Crippen LogP contribution in [0.15, 0.2) is 41.3 Å². The molecule has 0 N–H and O–H groups in total. The summed E-state index contributed by atoms with van der Waals surface area (Å²) in [5.41, 5.74) is 0.982. The molecule has 136 valence electrons. The second-order valence-corrected chi connectivity index (χ2v) is 6.24. The average Bonchev–Trinajstić information content (AvgIpc) is 2.62. The van der Waals surface area contributed by atoms with Crippen LogP contribution in [0.3, 0.4) is 0 Å². The second-order valence-electron chi connectivity index (χ2n) is 6.24. The van der Waals surface area contributed by atoms with E-state index in [2.05, 4.69) is 18.8 Å². The van der Waals surface area contributed by atoms with Crippen molar-refractivity contribution < 1.29 is 14.3 Å². The Morgan fingerprint density at radius 1 is 1.32 bits per heavy atom. The molecule has 0 aromatic heterocycles. The van der Waals surface area contributed by atoms with Gasteiger partial charge in [-0.05, 0) is 25.0 Å². The SMILES string of the molecule is CCCCOc1cccc(N2C=C(OC(=O)C(C)CCC)N=CC2)c1. The maximum atomic E-state index is 12.1. The van der Waals surface area contributed by atoms with Gasteiger partial charge in [0.1, 0.15) is 5.75 Å². The molecule has 0 saturated carbocycles. The third-order valence-corrected chi connectivity index (χ3v) is 4.01. The first-order chi connectivity index (χ1) is 12.1. The van der Waals surface area contributed by atoms with Crippen LogP contribution in [-0.4, -0.2) is 25.3 Å². The molecule has 25 heavy (non-hydrogen) atoms. The van der Waals surface area contributed by atoms with Gasteiger partial charge in [-0.25, -0.2) is 4.99 Å². The molecule has 0 spiro atoms. The number of nitrogens with zero attached hydrogens (tertiary/aromatic N) is 2. The number of ether oxygens (including phenoxy) is 2. The van der Waals surface area contributed by atoms with E-state index < -0.39 is 0 Å². The fourth-order valence-corrected chi connectivity index (χ4v) is 2.51. The average molecular weight is 344 g/mol. The van der Waals surface area contributed by atoms with Gasteiger partial charge >= 0.3 is 5.97 Å². The van der Waals surface area contributed by atoms with E-state index in [1.807, 2.05) is 36.1 Å². The molecule has 0 saturated heterocycles. The lowest BCUT2D eigenvalue weighted by Gasteiger charge is -2.23. The van der Waals surface area contributed by atoms with Crippen molar-refractivity contribution in [3.63, 3.8) is 0 Å². The van der Waals surface area contributed by atoms with Gasteiger partial charge in [0.25, 0.3) is 0 Å². The highest BCUT2D eigenvalue weighted by Crippen LogP contribution is 2.24. The van der Waals surface area contributed by atoms with Crippen LogP contribution in [-0.2, 0) is 9.53 Å². The molecular weight excluding hydrogens is 316 g/mol. The van der Waals surface area contributed by atoms with E-state index in [0.717, 1.165) is 43.7 Å². The molecule has 0 fully saturated rings. The summed E-state index contributed by atoms with van der Waals surface area (Å²) in [5.74, 6) is 0.823. The Kier molecular flexibility index (Phi) is 7.51. The maximum Gasteiger partial charge on any atom is 0.315 e. The van der Waals surface area contributed by atoms with Crippen LogP contribution in [0.4, 0.5) is 5.69 Å². The van der Waals surface area contributed by atoms with Crippen LogP contribution in [0.25, 0.3) is 0 Å². The summed E-state index contributed by atoms with van der Waals surface area (Å²) in [5, 5.41) is 0. The third-order valence-electron chi connectivity index (χ3n) is 4.01. The zero-order valence-corrected chi connectivity index (χ0v) is 15.4. The minimum atomic E-state index is -0.233. The quantitative estimate of drug-likeness (QED) is 0.488. The topological polar surface area (TPSA) is 51.1 Å². The molecule has 1 heterocycles. The van der Waals surface area contributed by atoms with Gasteiger partial charge in [-0.3, -0.25) is 4.79 Å². The lowest BCUT2D eigenvalue weighted by Crippen LogP contribution is -2.24. The summed E-state index contributed by atoms with van der Waals surface area (Å²) in [7, 11) is 0. The summed E-state index contributed by atoms with van der Waals surface area (Å²) in [4.78, 5) is 18.3. The zero-order valence-electron chi connectivity index (χ0n) is 15.4. The van der Waals surface area contributed by atoms with E-state index in [-0.39, 0.29) is 11.9 Å². The number of carbonyl (C=O) groups excluding carboxylic acids is 1. The van der Waals surface area contributed by atoms with Crippen molar-refractivity contribution in [1.82, 2.24) is 0 Å². The van der Waals surface area contributed by atoms with Crippen LogP contribution in [0, 0.1) is 5.92 Å². The van der Waals surface area contributed by atoms with Crippen molar-refractivity contribution in [3.8, 4) is 5.75 Å². The number of esters is 1. The smallest absolute Gasteiger partial charge is 0.315 e. The molecular formula is C20H28N2O3. The Bertz CT molecular complexity index is 625. The largest absolute Gasteiger partial charge is 0.494 e. The van der Waals surface area contributed by atoms with E-state index in [1.165, 1.54) is 0 Å². The first kappa shape index (κ1) is 19.0. The Balaban J connectivity index is 2.02. The van der Waals surface area contributed by atoms with Gasteiger partial charge < -0.3 is 14.4 Å². The molecule has 5 nitrogen and oxygen atoms in total. The van der Waals surface area contributed by atoms with E-state index in [1.54, 1.807) is 12.4 Å². The summed E-state index contributed by atoms with van der Waals surface area (Å²) in [6.07, 6.45) is 7.43. The normalized spacial score (nSPS) is 14.8. The molecule has 5 heteroatoms. The van der Waals surface area contributed by atoms with E-state index in [0.29, 0.717) is 12.4 Å². The Morgan fingerprint density at radius 3 is 2.92 bits per heavy atom. The second kappa shape index (κ2) is 9.87. The van der Waals surface area contributed by atoms with Gasteiger partial charge in [0.15, 0.2) is 0 Å². The minimum absolute atomic E-state index is 0.119. The Hall–Kier alpha value is -2.30. The summed E-state index contributed by atoms with van der Waals surface area (Å²) < 4.78 is 11.2. The predicted octanol–water partition coefficient (Wildman–Crippen LogP) is 4.53. The predicted molar refractivity (Wildman–Crippen MR) is 101 cm³/mol. The molecule has 1 unspecified atom stereocenters. The lowest BCUT2D eigenvalue weighted by molar-refractivity contribution is -0.143. The third kappa shape index (κ3) is 5.93. The van der Waals surface area contributed by atoms with Crippen molar-refractivity contribution in [3.05, 3.63) is 36.3 Å². The highest BCUT2D eigenvalue weighted by Gasteiger charge is 2.18. The molecule has 0 bridgehead atoms. The highest BCUT2D eigenvalue weighted by molar-refractivity contribution is 5.75. The fraction of sp³-hybridized carbons (Fsp3) is 0.500. The van der Waals surface area contributed by atoms with E-state index >= 15 is 0 Å². The molecule has 1 aliphatic rings. The van der Waals surface area contributed by atoms with Crippen LogP contribution in [0.1, 0.15) is 46.5 Å². The fourth-order valence-electron chi connectivity index (χ4n) is 2.51. The van der Waals surface area contributed by atoms with Crippen LogP contribution >= 0.6 is 0 Å². The monoisotopic (exact) mass is 344 g/mol. The van der Waals surface area contributed by atoms with Crippen LogP contribution in [0.2, 0.25) is 0 Å². The number of carbonyl (C=O) groups is 1. The number of aliphatic imine (C=N–C) groups is 1. The number of rotatable bonds is 9. The molecule has 1 atom stereocenters. The Morgan fingerprint density at radius 2 is 2.16 bits per heavy atom. The lowest BCUT2D eigenvalue weighted by atomic mass is 10.1. The standard InChI is InChI=1S/C20H28N2O3/c1-4-6-13-24-18-10-7-9-17(14-18)22-12-11-21-19(15-22)25-20(23)16(3)8-5-2/h7,9-11,14-16H,4-6,8,12-13H2,1-3H3. The maximum absolute atomic E-state index is 12.1. The summed E-state index contributed by atoms with van der Waals surface area (Å²) in [6.45, 7) is 7.42. The van der Waals surface area contributed by atoms with Gasteiger partial charge in [-0.2, -0.15) is 0 Å². The molecule has 0 amide bonds. The molecule has 1 aliphatic heterocycles. The van der Waals surface area contributed by atoms with Crippen LogP contribution in [0.5, 0.6) is 5.75 Å². The molecule has 0 aliphatic carbocycles. The van der Waals surface area contributed by atoms with Gasteiger partial charge in [0, 0.05) is 18.0 Å². The zero-order chi connectivity index (χ0) is 18.1. The molecule has 2 rings (SSSR count). The number of benzene rings is 1. The molecule has 1 aromatic rings. The van der Waals surface area contributed by atoms with Crippen molar-refractivity contribution in [2.24, 2.45) is 10.9 Å². The van der Waals surface area contributed by atoms with E-state index in [9.17, 15) is 4.79 Å². The van der Waals surface area contributed by atoms with Crippen molar-refractivity contribution in [2.75, 3.05) is 18.1 Å². The molecule has 1 aromatic carbocycles. The van der Waals surface area contributed by atoms with Crippen LogP contribution < -0.4 is 9.64 Å². The number of hydrogen-bond acceptors (Lipinski definition) is 5. The highest BCUT2D eigenvalue weighted by atomic mass is 16.5. The molecule has 0 radical (unpaired) electrons. The van der Waals surface area contributed by atoms with Gasteiger partial charge in [-0.1, -0.05) is 39.7 Å². The number of unbranched alkanes of at least 4 members (excludes halogenated alkanes) is 1. The minimum Gasteiger partial charge on any atom is -0.494 e. The first-order valence-corrected chi connectivity index (χ1v) is 9.09. The first-order valence-electron chi connectivity index (χ1n) is 9.09. The van der Waals surface area contributed by atoms with Gasteiger partial charge in [0.05, 0.1) is 25.3 Å². The summed E-state index contributed by atoms with van der Waals surface area (Å²) in [6, 6.07) is 7.91. The Labute approximate surface area is 150 Å². The van der Waals surface area contributed by atoms with Gasteiger partial charge in [0.2, 0.25) is 5.88 Å². The van der Waals surface area contributed by atoms with Crippen molar-refractivity contribution in [2.45, 2.75) is 46.5 Å². The van der Waals surface area contributed by atoms with E-state index in [4.69, 9.17) is 9.47 Å². The number of anilines is 1. The van der Waals surface area contributed by atoms with Crippen molar-refractivity contribution >= 4 is 17.9 Å². The van der Waals surface area contributed by atoms with Gasteiger partial charge in [-0.15, -0.1) is 0 Å².